The molecule has 0 aromatic carbocycles. The summed E-state index contributed by atoms with van der Waals surface area (Å²) in [5, 5.41) is 8.85. The van der Waals surface area contributed by atoms with Gasteiger partial charge in [-0.25, -0.2) is 14.8 Å². The Labute approximate surface area is 80.0 Å². The average molecular weight is 191 g/mol. The molecule has 0 bridgehead atoms. The zero-order chi connectivity index (χ0) is 10.1. The minimum Gasteiger partial charge on any atom is -0.476 e. The van der Waals surface area contributed by atoms with Crippen LogP contribution in [0.15, 0.2) is 18.6 Å². The summed E-state index contributed by atoms with van der Waals surface area (Å²) in [7, 11) is 0. The number of carboxylic acid groups (broad SMARTS) is 1. The van der Waals surface area contributed by atoms with Crippen LogP contribution in [0.1, 0.15) is 23.1 Å². The monoisotopic (exact) mass is 191 g/mol. The predicted octanol–water partition coefficient (Wildman–Crippen LogP) is 0.990. The molecule has 0 fully saturated rings. The largest absolute Gasteiger partial charge is 0.476 e. The number of aromatic carboxylic acids is 1. The Balaban J connectivity index is 2.76. The van der Waals surface area contributed by atoms with Crippen molar-refractivity contribution in [3.05, 3.63) is 30.0 Å². The molecule has 0 spiro atoms. The van der Waals surface area contributed by atoms with Crippen molar-refractivity contribution in [2.24, 2.45) is 0 Å². The van der Waals surface area contributed by atoms with E-state index in [4.69, 9.17) is 5.11 Å². The van der Waals surface area contributed by atoms with E-state index in [0.29, 0.717) is 5.65 Å². The van der Waals surface area contributed by atoms with Crippen molar-refractivity contribution in [1.29, 1.82) is 0 Å². The Hall–Kier alpha value is -1.91. The van der Waals surface area contributed by atoms with Crippen LogP contribution in [0.2, 0.25) is 0 Å². The van der Waals surface area contributed by atoms with Crippen molar-refractivity contribution < 1.29 is 9.90 Å². The lowest BCUT2D eigenvalue weighted by molar-refractivity contribution is 0.0692. The maximum Gasteiger partial charge on any atom is 0.358 e. The molecule has 0 unspecified atom stereocenters. The summed E-state index contributed by atoms with van der Waals surface area (Å²) >= 11 is 0. The van der Waals surface area contributed by atoms with Crippen molar-refractivity contribution in [3.8, 4) is 0 Å². The minimum absolute atomic E-state index is 0.00722. The number of aryl methyl sites for hydroxylation is 1. The number of fused-ring (bicyclic) bond motifs is 1. The summed E-state index contributed by atoms with van der Waals surface area (Å²) in [6, 6.07) is 0. The topological polar surface area (TPSA) is 67.5 Å². The van der Waals surface area contributed by atoms with E-state index in [-0.39, 0.29) is 5.69 Å². The van der Waals surface area contributed by atoms with Crippen LogP contribution in [0.4, 0.5) is 0 Å². The first-order valence-electron chi connectivity index (χ1n) is 4.28. The summed E-state index contributed by atoms with van der Waals surface area (Å²) in [5.41, 5.74) is 1.37. The van der Waals surface area contributed by atoms with Crippen LogP contribution in [0.5, 0.6) is 0 Å². The van der Waals surface area contributed by atoms with Crippen LogP contribution < -0.4 is 0 Å². The first-order valence-corrected chi connectivity index (χ1v) is 4.28. The lowest BCUT2D eigenvalue weighted by atomic mass is 10.3. The molecule has 0 aliphatic carbocycles. The van der Waals surface area contributed by atoms with Gasteiger partial charge < -0.3 is 9.51 Å². The number of aromatic nitrogens is 3. The molecule has 0 atom stereocenters. The van der Waals surface area contributed by atoms with Crippen molar-refractivity contribution in [3.63, 3.8) is 0 Å². The molecule has 1 N–H and O–H groups in total. The van der Waals surface area contributed by atoms with E-state index in [1.165, 1.54) is 6.20 Å². The van der Waals surface area contributed by atoms with Crippen molar-refractivity contribution in [2.45, 2.75) is 13.3 Å². The molecule has 2 aromatic heterocycles. The highest BCUT2D eigenvalue weighted by atomic mass is 16.4. The molecule has 0 amide bonds. The van der Waals surface area contributed by atoms with Gasteiger partial charge in [0.25, 0.3) is 0 Å². The van der Waals surface area contributed by atoms with Gasteiger partial charge in [0, 0.05) is 24.3 Å². The summed E-state index contributed by atoms with van der Waals surface area (Å²) in [5.74, 6) is -1.05. The highest BCUT2D eigenvalue weighted by molar-refractivity contribution is 5.91. The maximum absolute atomic E-state index is 10.8. The summed E-state index contributed by atoms with van der Waals surface area (Å²) < 4.78 is 1.75. The Morgan fingerprint density at radius 2 is 2.36 bits per heavy atom. The molecule has 0 saturated heterocycles. The van der Waals surface area contributed by atoms with Gasteiger partial charge in [-0.2, -0.15) is 0 Å². The Morgan fingerprint density at radius 1 is 1.57 bits per heavy atom. The number of rotatable bonds is 2. The second kappa shape index (κ2) is 3.10. The van der Waals surface area contributed by atoms with Gasteiger partial charge >= 0.3 is 5.97 Å². The maximum atomic E-state index is 10.8. The first-order chi connectivity index (χ1) is 6.74. The third-order valence-electron chi connectivity index (χ3n) is 2.07. The molecule has 0 saturated carbocycles. The normalized spacial score (nSPS) is 10.6. The number of imidazole rings is 1. The molecule has 0 aliphatic heterocycles. The second-order valence-electron chi connectivity index (χ2n) is 2.88. The van der Waals surface area contributed by atoms with Gasteiger partial charge in [-0.05, 0) is 6.42 Å². The molecule has 0 aliphatic rings. The highest BCUT2D eigenvalue weighted by Gasteiger charge is 2.12. The SMILES string of the molecule is CCc1cnc2c(C(=O)O)nccn12. The molecule has 2 rings (SSSR count). The third-order valence-corrected chi connectivity index (χ3v) is 2.07. The van der Waals surface area contributed by atoms with Crippen LogP contribution in [0.3, 0.4) is 0 Å². The van der Waals surface area contributed by atoms with E-state index >= 15 is 0 Å². The molecule has 5 heteroatoms. The second-order valence-corrected chi connectivity index (χ2v) is 2.88. The predicted molar refractivity (Wildman–Crippen MR) is 49.3 cm³/mol. The van der Waals surface area contributed by atoms with E-state index in [0.717, 1.165) is 12.1 Å². The van der Waals surface area contributed by atoms with E-state index in [2.05, 4.69) is 9.97 Å². The number of hydrogen-bond donors (Lipinski definition) is 1. The van der Waals surface area contributed by atoms with Gasteiger partial charge in [0.1, 0.15) is 0 Å². The smallest absolute Gasteiger partial charge is 0.358 e. The molecule has 0 radical (unpaired) electrons. The fourth-order valence-electron chi connectivity index (χ4n) is 1.38. The molecule has 5 nitrogen and oxygen atoms in total. The molecule has 14 heavy (non-hydrogen) atoms. The van der Waals surface area contributed by atoms with Gasteiger partial charge in [0.15, 0.2) is 11.3 Å². The third kappa shape index (κ3) is 1.14. The van der Waals surface area contributed by atoms with Gasteiger partial charge in [-0.3, -0.25) is 0 Å². The molecular formula is C9H9N3O2. The van der Waals surface area contributed by atoms with Gasteiger partial charge in [-0.1, -0.05) is 6.92 Å². The van der Waals surface area contributed by atoms with Crippen molar-refractivity contribution in [1.82, 2.24) is 14.4 Å². The first kappa shape index (κ1) is 8.68. The van der Waals surface area contributed by atoms with E-state index in [1.54, 1.807) is 16.8 Å². The van der Waals surface area contributed by atoms with E-state index < -0.39 is 5.97 Å². The number of nitrogens with zero attached hydrogens (tertiary/aromatic N) is 3. The van der Waals surface area contributed by atoms with Gasteiger partial charge in [0.05, 0.1) is 0 Å². The van der Waals surface area contributed by atoms with Crippen LogP contribution in [0, 0.1) is 0 Å². The average Bonchev–Trinajstić information content (AvgIpc) is 2.59. The standard InChI is InChI=1S/C9H9N3O2/c1-2-6-5-11-8-7(9(13)14)10-3-4-12(6)8/h3-5H,2H2,1H3,(H,13,14). The molecule has 2 aromatic rings. The quantitative estimate of drug-likeness (QED) is 0.768. The zero-order valence-corrected chi connectivity index (χ0v) is 7.64. The Morgan fingerprint density at radius 3 is 3.00 bits per heavy atom. The highest BCUT2D eigenvalue weighted by Crippen LogP contribution is 2.09. The number of carboxylic acids is 1. The van der Waals surface area contributed by atoms with E-state index in [9.17, 15) is 4.79 Å². The fourth-order valence-corrected chi connectivity index (χ4v) is 1.38. The lowest BCUT2D eigenvalue weighted by Gasteiger charge is -1.99. The van der Waals surface area contributed by atoms with E-state index in [1.807, 2.05) is 6.92 Å². The van der Waals surface area contributed by atoms with Crippen LogP contribution in [-0.2, 0) is 6.42 Å². The molecule has 72 valence electrons. The Kier molecular flexibility index (Phi) is 1.92. The number of carbonyl (C=O) groups is 1. The summed E-state index contributed by atoms with van der Waals surface area (Å²) in [4.78, 5) is 18.6. The number of hydrogen-bond acceptors (Lipinski definition) is 3. The van der Waals surface area contributed by atoms with Crippen molar-refractivity contribution in [2.75, 3.05) is 0 Å². The Bertz CT molecular complexity index is 490. The summed E-state index contributed by atoms with van der Waals surface area (Å²) in [6.07, 6.45) is 5.67. The minimum atomic E-state index is -1.05. The molecule has 2 heterocycles. The van der Waals surface area contributed by atoms with Crippen LogP contribution in [-0.4, -0.2) is 25.4 Å². The van der Waals surface area contributed by atoms with Crippen molar-refractivity contribution >= 4 is 11.6 Å². The van der Waals surface area contributed by atoms with Gasteiger partial charge in [0.2, 0.25) is 0 Å². The van der Waals surface area contributed by atoms with Crippen LogP contribution in [0.25, 0.3) is 5.65 Å². The fraction of sp³-hybridized carbons (Fsp3) is 0.222. The zero-order valence-electron chi connectivity index (χ0n) is 7.64. The molecular weight excluding hydrogens is 182 g/mol. The summed E-state index contributed by atoms with van der Waals surface area (Å²) in [6.45, 7) is 1.99. The lowest BCUT2D eigenvalue weighted by Crippen LogP contribution is -2.04. The van der Waals surface area contributed by atoms with Gasteiger partial charge in [-0.15, -0.1) is 0 Å². The van der Waals surface area contributed by atoms with Crippen LogP contribution >= 0.6 is 0 Å².